The predicted molar refractivity (Wildman–Crippen MR) is 118 cm³/mol. The summed E-state index contributed by atoms with van der Waals surface area (Å²) in [6, 6.07) is 6.10. The van der Waals surface area contributed by atoms with Crippen molar-refractivity contribution in [2.45, 2.75) is 76.2 Å². The van der Waals surface area contributed by atoms with Gasteiger partial charge in [0.1, 0.15) is 17.1 Å². The molecule has 2 saturated carbocycles. The van der Waals surface area contributed by atoms with Gasteiger partial charge in [-0.2, -0.15) is 0 Å². The molecule has 1 atom stereocenters. The molecular weight excluding hydrogens is 425 g/mol. The van der Waals surface area contributed by atoms with Gasteiger partial charge >= 0.3 is 0 Å². The number of carbonyl (C=O) groups excluding carboxylic acids is 3. The fourth-order valence-corrected chi connectivity index (χ4v) is 5.05. The number of benzene rings is 1. The van der Waals surface area contributed by atoms with Crippen molar-refractivity contribution >= 4 is 17.7 Å². The third-order valence-corrected chi connectivity index (χ3v) is 6.92. The summed E-state index contributed by atoms with van der Waals surface area (Å²) in [6.07, 6.45) is 7.27. The van der Waals surface area contributed by atoms with Crippen LogP contribution < -0.4 is 10.6 Å². The van der Waals surface area contributed by atoms with Crippen LogP contribution in [0.25, 0.3) is 0 Å². The summed E-state index contributed by atoms with van der Waals surface area (Å²) in [4.78, 5) is 45.7. The molecule has 0 radical (unpaired) electrons. The monoisotopic (exact) mass is 453 g/mol. The van der Waals surface area contributed by atoms with E-state index in [1.165, 1.54) is 18.5 Å². The summed E-state index contributed by atoms with van der Waals surface area (Å²) in [5.41, 5.74) is -0.201. The number of amides is 3. The van der Waals surface area contributed by atoms with Gasteiger partial charge in [0.05, 0.1) is 12.9 Å². The number of hydrogen-bond acceptors (Lipinski definition) is 4. The second-order valence-corrected chi connectivity index (χ2v) is 9.52. The Morgan fingerprint density at radius 2 is 1.97 bits per heavy atom. The Labute approximate surface area is 191 Å². The number of carbonyl (C=O) groups is 3. The first-order chi connectivity index (χ1) is 15.9. The van der Waals surface area contributed by atoms with E-state index in [1.54, 1.807) is 28.5 Å². The minimum atomic E-state index is -1.04. The lowest BCUT2D eigenvalue weighted by Gasteiger charge is -2.44. The molecule has 2 N–H and O–H groups in total. The minimum absolute atomic E-state index is 0.0105. The number of nitrogens with one attached hydrogen (secondary N) is 2. The van der Waals surface area contributed by atoms with Crippen LogP contribution in [0.3, 0.4) is 0 Å². The standard InChI is InChI=1S/C24H28FN5O3/c1-24(23(33)28-17-7-2-3-8-17)13-29-14-27-19(20(29)22(32)30(24)18-9-10-18)21(31)26-12-15-5-4-6-16(25)11-15/h4-6,11,14,17-18H,2-3,7-10,12-13H2,1H3,(H,26,31)(H,28,33). The topological polar surface area (TPSA) is 96.3 Å². The molecule has 1 aliphatic heterocycles. The van der Waals surface area contributed by atoms with Gasteiger partial charge in [-0.05, 0) is 50.3 Å². The smallest absolute Gasteiger partial charge is 0.274 e. The van der Waals surface area contributed by atoms with Gasteiger partial charge in [-0.1, -0.05) is 25.0 Å². The first kappa shape index (κ1) is 21.6. The largest absolute Gasteiger partial charge is 0.351 e. The van der Waals surface area contributed by atoms with Crippen LogP contribution in [0.15, 0.2) is 30.6 Å². The highest BCUT2D eigenvalue weighted by Gasteiger charge is 2.54. The molecule has 2 fully saturated rings. The molecule has 8 nitrogen and oxygen atoms in total. The first-order valence-corrected chi connectivity index (χ1v) is 11.6. The Kier molecular flexibility index (Phi) is 5.42. The van der Waals surface area contributed by atoms with Crippen molar-refractivity contribution in [1.29, 1.82) is 0 Å². The number of imidazole rings is 1. The molecule has 0 saturated heterocycles. The quantitative estimate of drug-likeness (QED) is 0.702. The van der Waals surface area contributed by atoms with Crippen LogP contribution in [0, 0.1) is 5.82 Å². The van der Waals surface area contributed by atoms with E-state index in [0.29, 0.717) is 5.56 Å². The number of fused-ring (bicyclic) bond motifs is 1. The van der Waals surface area contributed by atoms with Crippen LogP contribution in [0.1, 0.15) is 72.0 Å². The zero-order valence-electron chi connectivity index (χ0n) is 18.6. The summed E-state index contributed by atoms with van der Waals surface area (Å²) in [5, 5.41) is 5.87. The minimum Gasteiger partial charge on any atom is -0.351 e. The third kappa shape index (κ3) is 4.00. The van der Waals surface area contributed by atoms with E-state index >= 15 is 0 Å². The van der Waals surface area contributed by atoms with Crippen molar-refractivity contribution in [3.63, 3.8) is 0 Å². The van der Waals surface area contributed by atoms with Crippen LogP contribution in [-0.2, 0) is 17.9 Å². The Bertz CT molecular complexity index is 1110. The highest BCUT2D eigenvalue weighted by Crippen LogP contribution is 2.39. The summed E-state index contributed by atoms with van der Waals surface area (Å²) in [7, 11) is 0. The van der Waals surface area contributed by atoms with Gasteiger partial charge in [0.25, 0.3) is 11.8 Å². The Morgan fingerprint density at radius 3 is 2.67 bits per heavy atom. The molecule has 33 heavy (non-hydrogen) atoms. The second kappa shape index (κ2) is 8.28. The van der Waals surface area contributed by atoms with Crippen molar-refractivity contribution in [2.75, 3.05) is 0 Å². The third-order valence-electron chi connectivity index (χ3n) is 6.92. The average molecular weight is 454 g/mol. The maximum absolute atomic E-state index is 13.6. The van der Waals surface area contributed by atoms with Gasteiger partial charge in [0.15, 0.2) is 5.69 Å². The molecule has 3 aliphatic rings. The molecule has 1 aromatic carbocycles. The van der Waals surface area contributed by atoms with Crippen LogP contribution in [-0.4, -0.2) is 49.8 Å². The molecule has 2 aliphatic carbocycles. The fraction of sp³-hybridized carbons (Fsp3) is 0.500. The summed E-state index contributed by atoms with van der Waals surface area (Å²) in [5.74, 6) is -1.38. The summed E-state index contributed by atoms with van der Waals surface area (Å²) >= 11 is 0. The zero-order chi connectivity index (χ0) is 23.2. The number of hydrogen-bond donors (Lipinski definition) is 2. The molecular formula is C24H28FN5O3. The Hall–Kier alpha value is -3.23. The maximum Gasteiger partial charge on any atom is 0.274 e. The predicted octanol–water partition coefficient (Wildman–Crippen LogP) is 2.39. The number of rotatable bonds is 6. The number of aromatic nitrogens is 2. The van der Waals surface area contributed by atoms with E-state index < -0.39 is 11.4 Å². The lowest BCUT2D eigenvalue weighted by Crippen LogP contribution is -2.65. The summed E-state index contributed by atoms with van der Waals surface area (Å²) < 4.78 is 15.0. The fourth-order valence-electron chi connectivity index (χ4n) is 5.05. The van der Waals surface area contributed by atoms with Gasteiger partial charge in [-0.25, -0.2) is 9.37 Å². The number of nitrogens with zero attached hydrogens (tertiary/aromatic N) is 3. The van der Waals surface area contributed by atoms with Crippen molar-refractivity contribution in [1.82, 2.24) is 25.1 Å². The Morgan fingerprint density at radius 1 is 1.21 bits per heavy atom. The summed E-state index contributed by atoms with van der Waals surface area (Å²) in [6.45, 7) is 2.17. The van der Waals surface area contributed by atoms with Crippen LogP contribution >= 0.6 is 0 Å². The second-order valence-electron chi connectivity index (χ2n) is 9.52. The molecule has 0 spiro atoms. The molecule has 1 aromatic heterocycles. The maximum atomic E-state index is 13.6. The lowest BCUT2D eigenvalue weighted by atomic mass is 9.93. The molecule has 0 bridgehead atoms. The van der Waals surface area contributed by atoms with E-state index in [2.05, 4.69) is 15.6 Å². The van der Waals surface area contributed by atoms with Gasteiger partial charge in [0, 0.05) is 18.6 Å². The first-order valence-electron chi connectivity index (χ1n) is 11.6. The lowest BCUT2D eigenvalue weighted by molar-refractivity contribution is -0.134. The zero-order valence-corrected chi connectivity index (χ0v) is 18.6. The van der Waals surface area contributed by atoms with Gasteiger partial charge in [0.2, 0.25) is 5.91 Å². The molecule has 9 heteroatoms. The van der Waals surface area contributed by atoms with Crippen LogP contribution in [0.4, 0.5) is 4.39 Å². The highest BCUT2D eigenvalue weighted by molar-refractivity contribution is 6.07. The molecule has 2 aromatic rings. The van der Waals surface area contributed by atoms with Gasteiger partial charge < -0.3 is 20.1 Å². The SMILES string of the molecule is CC1(C(=O)NC2CCCC2)Cn2cnc(C(=O)NCc3cccc(F)c3)c2C(=O)N1C1CC1. The van der Waals surface area contributed by atoms with Crippen LogP contribution in [0.2, 0.25) is 0 Å². The van der Waals surface area contributed by atoms with Gasteiger partial charge in [-0.3, -0.25) is 14.4 Å². The van der Waals surface area contributed by atoms with Crippen molar-refractivity contribution in [3.05, 3.63) is 53.4 Å². The van der Waals surface area contributed by atoms with E-state index in [1.807, 2.05) is 0 Å². The highest BCUT2D eigenvalue weighted by atomic mass is 19.1. The molecule has 5 rings (SSSR count). The number of halogens is 1. The average Bonchev–Trinajstić information content (AvgIpc) is 3.29. The van der Waals surface area contributed by atoms with E-state index in [0.717, 1.165) is 38.5 Å². The molecule has 3 amide bonds. The van der Waals surface area contributed by atoms with E-state index in [-0.39, 0.29) is 54.2 Å². The van der Waals surface area contributed by atoms with E-state index in [4.69, 9.17) is 0 Å². The molecule has 1 unspecified atom stereocenters. The molecule has 2 heterocycles. The normalized spacial score (nSPS) is 22.8. The Balaban J connectivity index is 1.38. The van der Waals surface area contributed by atoms with Crippen molar-refractivity contribution < 1.29 is 18.8 Å². The van der Waals surface area contributed by atoms with E-state index in [9.17, 15) is 18.8 Å². The van der Waals surface area contributed by atoms with Gasteiger partial charge in [-0.15, -0.1) is 0 Å². The van der Waals surface area contributed by atoms with Crippen molar-refractivity contribution in [3.8, 4) is 0 Å². The molecule has 174 valence electrons. The van der Waals surface area contributed by atoms with Crippen LogP contribution in [0.5, 0.6) is 0 Å². The van der Waals surface area contributed by atoms with Crippen molar-refractivity contribution in [2.24, 2.45) is 0 Å².